The molecule has 0 saturated carbocycles. The SMILES string of the molecule is COc1cc(C=CC(=O)OCC(=O)N(Cc2ccccc2)c2nc(-c3ccc(Cl)cc3)cs2)ccc1O. The third-order valence-electron chi connectivity index (χ3n) is 5.30. The van der Waals surface area contributed by atoms with Gasteiger partial charge >= 0.3 is 5.97 Å². The average molecular weight is 535 g/mol. The van der Waals surface area contributed by atoms with Crippen molar-refractivity contribution in [2.24, 2.45) is 0 Å². The summed E-state index contributed by atoms with van der Waals surface area (Å²) in [4.78, 5) is 31.6. The molecule has 9 heteroatoms. The number of halogens is 1. The largest absolute Gasteiger partial charge is 0.504 e. The van der Waals surface area contributed by atoms with Crippen molar-refractivity contribution in [3.8, 4) is 22.8 Å². The lowest BCUT2D eigenvalue weighted by Gasteiger charge is -2.20. The molecule has 1 amide bonds. The molecular formula is C28H23ClN2O5S. The minimum atomic E-state index is -0.680. The average Bonchev–Trinajstić information content (AvgIpc) is 3.41. The summed E-state index contributed by atoms with van der Waals surface area (Å²) in [6, 6.07) is 21.4. The number of anilines is 1. The van der Waals surface area contributed by atoms with Gasteiger partial charge in [-0.2, -0.15) is 0 Å². The summed E-state index contributed by atoms with van der Waals surface area (Å²) in [7, 11) is 1.44. The Hall–Kier alpha value is -4.14. The number of ether oxygens (including phenoxy) is 2. The van der Waals surface area contributed by atoms with Crippen LogP contribution in [0.3, 0.4) is 0 Å². The monoisotopic (exact) mass is 534 g/mol. The van der Waals surface area contributed by atoms with Crippen LogP contribution in [-0.2, 0) is 20.9 Å². The van der Waals surface area contributed by atoms with E-state index >= 15 is 0 Å². The Balaban J connectivity index is 1.46. The molecule has 0 atom stereocenters. The second-order valence-corrected chi connectivity index (χ2v) is 9.13. The molecule has 0 unspecified atom stereocenters. The molecule has 4 aromatic rings. The van der Waals surface area contributed by atoms with Crippen LogP contribution in [0.4, 0.5) is 5.13 Å². The number of hydrogen-bond acceptors (Lipinski definition) is 7. The molecule has 37 heavy (non-hydrogen) atoms. The summed E-state index contributed by atoms with van der Waals surface area (Å²) in [6.07, 6.45) is 2.72. The number of phenolic OH excluding ortho intramolecular Hbond substituents is 1. The molecule has 3 aromatic carbocycles. The third kappa shape index (κ3) is 6.97. The maximum atomic E-state index is 13.2. The maximum Gasteiger partial charge on any atom is 0.331 e. The van der Waals surface area contributed by atoms with E-state index in [1.807, 2.05) is 47.8 Å². The van der Waals surface area contributed by atoms with E-state index < -0.39 is 18.5 Å². The maximum absolute atomic E-state index is 13.2. The van der Waals surface area contributed by atoms with Crippen molar-refractivity contribution in [2.45, 2.75) is 6.54 Å². The van der Waals surface area contributed by atoms with Crippen LogP contribution < -0.4 is 9.64 Å². The summed E-state index contributed by atoms with van der Waals surface area (Å²) in [5.41, 5.74) is 3.13. The van der Waals surface area contributed by atoms with Gasteiger partial charge in [-0.05, 0) is 41.5 Å². The first kappa shape index (κ1) is 25.9. The highest BCUT2D eigenvalue weighted by Crippen LogP contribution is 2.30. The lowest BCUT2D eigenvalue weighted by Crippen LogP contribution is -2.34. The van der Waals surface area contributed by atoms with Gasteiger partial charge in [0.15, 0.2) is 23.2 Å². The Morgan fingerprint density at radius 2 is 1.84 bits per heavy atom. The highest BCUT2D eigenvalue weighted by Gasteiger charge is 2.21. The predicted octanol–water partition coefficient (Wildman–Crippen LogP) is 5.97. The summed E-state index contributed by atoms with van der Waals surface area (Å²) in [6.45, 7) is -0.182. The molecule has 0 aliphatic heterocycles. The van der Waals surface area contributed by atoms with Gasteiger partial charge in [-0.15, -0.1) is 11.3 Å². The van der Waals surface area contributed by atoms with Gasteiger partial charge in [0.05, 0.1) is 19.3 Å². The van der Waals surface area contributed by atoms with Crippen molar-refractivity contribution < 1.29 is 24.2 Å². The van der Waals surface area contributed by atoms with Crippen LogP contribution in [0.5, 0.6) is 11.5 Å². The van der Waals surface area contributed by atoms with E-state index in [1.165, 1.54) is 41.6 Å². The topological polar surface area (TPSA) is 89.0 Å². The number of carbonyl (C=O) groups is 2. The van der Waals surface area contributed by atoms with Crippen molar-refractivity contribution in [1.29, 1.82) is 0 Å². The molecule has 0 saturated heterocycles. The molecule has 0 aliphatic rings. The third-order valence-corrected chi connectivity index (χ3v) is 6.42. The normalized spacial score (nSPS) is 10.9. The molecule has 7 nitrogen and oxygen atoms in total. The Labute approximate surface area is 223 Å². The first-order valence-corrected chi connectivity index (χ1v) is 12.5. The lowest BCUT2D eigenvalue weighted by atomic mass is 10.2. The van der Waals surface area contributed by atoms with Crippen LogP contribution in [0.1, 0.15) is 11.1 Å². The zero-order valence-corrected chi connectivity index (χ0v) is 21.4. The number of carbonyl (C=O) groups excluding carboxylic acids is 2. The number of aromatic nitrogens is 1. The quantitative estimate of drug-likeness (QED) is 0.210. The van der Waals surface area contributed by atoms with Crippen LogP contribution in [0, 0.1) is 0 Å². The molecule has 0 radical (unpaired) electrons. The fourth-order valence-corrected chi connectivity index (χ4v) is 4.37. The van der Waals surface area contributed by atoms with Crippen LogP contribution in [-0.4, -0.2) is 35.7 Å². The van der Waals surface area contributed by atoms with Gasteiger partial charge in [0, 0.05) is 22.0 Å². The Bertz CT molecular complexity index is 1400. The number of methoxy groups -OCH3 is 1. The number of amides is 1. The first-order valence-electron chi connectivity index (χ1n) is 11.2. The Morgan fingerprint density at radius 3 is 2.57 bits per heavy atom. The van der Waals surface area contributed by atoms with Gasteiger partial charge in [-0.3, -0.25) is 9.69 Å². The van der Waals surface area contributed by atoms with Crippen molar-refractivity contribution >= 4 is 46.0 Å². The summed E-state index contributed by atoms with van der Waals surface area (Å²) < 4.78 is 10.3. The smallest absolute Gasteiger partial charge is 0.331 e. The molecule has 0 fully saturated rings. The minimum Gasteiger partial charge on any atom is -0.504 e. The van der Waals surface area contributed by atoms with Gasteiger partial charge in [-0.25, -0.2) is 9.78 Å². The molecular weight excluding hydrogens is 512 g/mol. The summed E-state index contributed by atoms with van der Waals surface area (Å²) in [5.74, 6) is -0.814. The number of benzene rings is 3. The summed E-state index contributed by atoms with van der Waals surface area (Å²) >= 11 is 7.32. The van der Waals surface area contributed by atoms with Crippen molar-refractivity contribution in [3.63, 3.8) is 0 Å². The standard InChI is InChI=1S/C28H23ClN2O5S/c1-35-25-15-19(7-13-24(25)32)8-14-27(34)36-17-26(33)31(16-20-5-3-2-4-6-20)28-30-23(18-37-28)21-9-11-22(29)12-10-21/h2-15,18,32H,16-17H2,1H3. The highest BCUT2D eigenvalue weighted by atomic mass is 35.5. The molecule has 4 rings (SSSR count). The van der Waals surface area contributed by atoms with E-state index in [1.54, 1.807) is 24.3 Å². The fourth-order valence-electron chi connectivity index (χ4n) is 3.39. The molecule has 1 aromatic heterocycles. The second-order valence-electron chi connectivity index (χ2n) is 7.86. The molecule has 0 spiro atoms. The summed E-state index contributed by atoms with van der Waals surface area (Å²) in [5, 5.41) is 12.7. The number of nitrogens with zero attached hydrogens (tertiary/aromatic N) is 2. The molecule has 188 valence electrons. The minimum absolute atomic E-state index is 0.00672. The number of phenols is 1. The van der Waals surface area contributed by atoms with Crippen LogP contribution in [0.15, 0.2) is 84.3 Å². The predicted molar refractivity (Wildman–Crippen MR) is 145 cm³/mol. The van der Waals surface area contributed by atoms with Crippen LogP contribution >= 0.6 is 22.9 Å². The van der Waals surface area contributed by atoms with E-state index in [9.17, 15) is 14.7 Å². The van der Waals surface area contributed by atoms with E-state index in [4.69, 9.17) is 21.1 Å². The molecule has 1 heterocycles. The van der Waals surface area contributed by atoms with Gasteiger partial charge < -0.3 is 14.6 Å². The van der Waals surface area contributed by atoms with Crippen molar-refractivity contribution in [2.75, 3.05) is 18.6 Å². The number of aromatic hydroxyl groups is 1. The fraction of sp³-hybridized carbons (Fsp3) is 0.107. The lowest BCUT2D eigenvalue weighted by molar-refractivity contribution is -0.142. The van der Waals surface area contributed by atoms with Gasteiger partial charge in [0.1, 0.15) is 0 Å². The van der Waals surface area contributed by atoms with Gasteiger partial charge in [-0.1, -0.05) is 60.1 Å². The highest BCUT2D eigenvalue weighted by molar-refractivity contribution is 7.14. The van der Waals surface area contributed by atoms with Gasteiger partial charge in [0.25, 0.3) is 5.91 Å². The molecule has 0 bridgehead atoms. The van der Waals surface area contributed by atoms with Crippen molar-refractivity contribution in [1.82, 2.24) is 4.98 Å². The van der Waals surface area contributed by atoms with Crippen LogP contribution in [0.2, 0.25) is 5.02 Å². The Morgan fingerprint density at radius 1 is 1.08 bits per heavy atom. The molecule has 0 aliphatic carbocycles. The van der Waals surface area contributed by atoms with E-state index in [0.717, 1.165) is 11.1 Å². The molecule has 1 N–H and O–H groups in total. The van der Waals surface area contributed by atoms with E-state index in [-0.39, 0.29) is 18.0 Å². The first-order chi connectivity index (χ1) is 17.9. The number of esters is 1. The zero-order chi connectivity index (χ0) is 26.2. The number of rotatable bonds is 9. The Kier molecular flexibility index (Phi) is 8.56. The second kappa shape index (κ2) is 12.2. The number of thiazole rings is 1. The van der Waals surface area contributed by atoms with Crippen LogP contribution in [0.25, 0.3) is 17.3 Å². The number of hydrogen-bond donors (Lipinski definition) is 1. The zero-order valence-electron chi connectivity index (χ0n) is 19.8. The van der Waals surface area contributed by atoms with E-state index in [2.05, 4.69) is 4.98 Å². The van der Waals surface area contributed by atoms with E-state index in [0.29, 0.717) is 21.4 Å². The van der Waals surface area contributed by atoms with Gasteiger partial charge in [0.2, 0.25) is 0 Å². The van der Waals surface area contributed by atoms with Crippen molar-refractivity contribution in [3.05, 3.63) is 100 Å².